The SMILES string of the molecule is CC(=O)N[C@@H](CSC(C)C(=O)NC1CC1)C(=O)O. The average molecular weight is 274 g/mol. The zero-order valence-electron chi connectivity index (χ0n) is 10.4. The molecule has 1 aliphatic rings. The highest BCUT2D eigenvalue weighted by Crippen LogP contribution is 2.20. The first-order chi connectivity index (χ1) is 8.40. The molecule has 0 heterocycles. The van der Waals surface area contributed by atoms with E-state index in [1.165, 1.54) is 18.7 Å². The Hall–Kier alpha value is -1.24. The molecule has 102 valence electrons. The Labute approximate surface area is 110 Å². The summed E-state index contributed by atoms with van der Waals surface area (Å²) in [5.41, 5.74) is 0. The first-order valence-electron chi connectivity index (χ1n) is 5.82. The van der Waals surface area contributed by atoms with Crippen molar-refractivity contribution >= 4 is 29.5 Å². The molecule has 3 N–H and O–H groups in total. The second-order valence-electron chi connectivity index (χ2n) is 4.35. The Bertz CT molecular complexity index is 344. The van der Waals surface area contributed by atoms with Crippen molar-refractivity contribution in [1.82, 2.24) is 10.6 Å². The minimum atomic E-state index is -1.09. The van der Waals surface area contributed by atoms with E-state index in [1.54, 1.807) is 6.92 Å². The van der Waals surface area contributed by atoms with Crippen molar-refractivity contribution in [3.05, 3.63) is 0 Å². The molecule has 18 heavy (non-hydrogen) atoms. The van der Waals surface area contributed by atoms with E-state index in [2.05, 4.69) is 10.6 Å². The van der Waals surface area contributed by atoms with Gasteiger partial charge in [0, 0.05) is 18.7 Å². The van der Waals surface area contributed by atoms with Gasteiger partial charge in [0.25, 0.3) is 0 Å². The van der Waals surface area contributed by atoms with Crippen molar-refractivity contribution in [3.63, 3.8) is 0 Å². The third kappa shape index (κ3) is 5.39. The second-order valence-corrected chi connectivity index (χ2v) is 5.72. The molecule has 0 aliphatic heterocycles. The molecule has 1 fully saturated rings. The second kappa shape index (κ2) is 6.63. The summed E-state index contributed by atoms with van der Waals surface area (Å²) in [6.45, 7) is 3.00. The number of amides is 2. The molecule has 0 spiro atoms. The van der Waals surface area contributed by atoms with E-state index in [9.17, 15) is 14.4 Å². The van der Waals surface area contributed by atoms with Crippen molar-refractivity contribution in [3.8, 4) is 0 Å². The summed E-state index contributed by atoms with van der Waals surface area (Å²) in [6.07, 6.45) is 2.04. The number of carbonyl (C=O) groups is 3. The predicted molar refractivity (Wildman–Crippen MR) is 68.3 cm³/mol. The third-order valence-corrected chi connectivity index (χ3v) is 3.72. The fourth-order valence-electron chi connectivity index (χ4n) is 1.28. The molecule has 0 aromatic rings. The van der Waals surface area contributed by atoms with Crippen LogP contribution in [0.1, 0.15) is 26.7 Å². The number of hydrogen-bond acceptors (Lipinski definition) is 4. The Morgan fingerprint density at radius 3 is 2.44 bits per heavy atom. The van der Waals surface area contributed by atoms with E-state index in [-0.39, 0.29) is 16.9 Å². The van der Waals surface area contributed by atoms with E-state index < -0.39 is 17.9 Å². The molecule has 0 saturated heterocycles. The van der Waals surface area contributed by atoms with Crippen molar-refractivity contribution in [2.75, 3.05) is 5.75 Å². The highest BCUT2D eigenvalue weighted by molar-refractivity contribution is 8.00. The number of carbonyl (C=O) groups excluding carboxylic acids is 2. The molecule has 0 radical (unpaired) electrons. The topological polar surface area (TPSA) is 95.5 Å². The summed E-state index contributed by atoms with van der Waals surface area (Å²) in [7, 11) is 0. The molecule has 0 aromatic heterocycles. The van der Waals surface area contributed by atoms with Gasteiger partial charge in [-0.3, -0.25) is 9.59 Å². The fraction of sp³-hybridized carbons (Fsp3) is 0.727. The Morgan fingerprint density at radius 2 is 2.00 bits per heavy atom. The van der Waals surface area contributed by atoms with Gasteiger partial charge < -0.3 is 15.7 Å². The lowest BCUT2D eigenvalue weighted by atomic mass is 10.3. The molecular formula is C11H18N2O4S. The number of carboxylic acids is 1. The largest absolute Gasteiger partial charge is 0.480 e. The molecule has 2 amide bonds. The zero-order chi connectivity index (χ0) is 13.7. The van der Waals surface area contributed by atoms with Gasteiger partial charge in [-0.2, -0.15) is 0 Å². The van der Waals surface area contributed by atoms with Crippen molar-refractivity contribution in [1.29, 1.82) is 0 Å². The van der Waals surface area contributed by atoms with Crippen LogP contribution in [0.3, 0.4) is 0 Å². The Morgan fingerprint density at radius 1 is 1.39 bits per heavy atom. The van der Waals surface area contributed by atoms with Crippen LogP contribution in [-0.4, -0.2) is 46.0 Å². The lowest BCUT2D eigenvalue weighted by molar-refractivity contribution is -0.140. The Balaban J connectivity index is 2.33. The van der Waals surface area contributed by atoms with Crippen LogP contribution in [0.4, 0.5) is 0 Å². The van der Waals surface area contributed by atoms with Gasteiger partial charge in [-0.25, -0.2) is 4.79 Å². The fourth-order valence-corrected chi connectivity index (χ4v) is 2.21. The van der Waals surface area contributed by atoms with Crippen molar-refractivity contribution in [2.45, 2.75) is 44.0 Å². The molecule has 1 aliphatic carbocycles. The van der Waals surface area contributed by atoms with Crippen LogP contribution < -0.4 is 10.6 Å². The van der Waals surface area contributed by atoms with E-state index in [1.807, 2.05) is 0 Å². The minimum absolute atomic E-state index is 0.0746. The maximum absolute atomic E-state index is 11.6. The number of thioether (sulfide) groups is 1. The first-order valence-corrected chi connectivity index (χ1v) is 6.87. The van der Waals surface area contributed by atoms with Crippen molar-refractivity contribution in [2.24, 2.45) is 0 Å². The predicted octanol–water partition coefficient (Wildman–Crippen LogP) is -0.0240. The smallest absolute Gasteiger partial charge is 0.327 e. The number of hydrogen-bond donors (Lipinski definition) is 3. The standard InChI is InChI=1S/C11H18N2O4S/c1-6(10(15)13-8-3-4-8)18-5-9(11(16)17)12-7(2)14/h6,8-9H,3-5H2,1-2H3,(H,12,14)(H,13,15)(H,16,17)/t6?,9-/m0/s1. The summed E-state index contributed by atoms with van der Waals surface area (Å²) >= 11 is 1.23. The molecule has 7 heteroatoms. The van der Waals surface area contributed by atoms with E-state index in [0.717, 1.165) is 12.8 Å². The van der Waals surface area contributed by atoms with Crippen LogP contribution in [0.2, 0.25) is 0 Å². The van der Waals surface area contributed by atoms with Crippen LogP contribution in [0.25, 0.3) is 0 Å². The quantitative estimate of drug-likeness (QED) is 0.606. The van der Waals surface area contributed by atoms with Gasteiger partial charge in [0.05, 0.1) is 5.25 Å². The minimum Gasteiger partial charge on any atom is -0.480 e. The lowest BCUT2D eigenvalue weighted by Gasteiger charge is -2.16. The summed E-state index contributed by atoms with van der Waals surface area (Å²) < 4.78 is 0. The maximum Gasteiger partial charge on any atom is 0.327 e. The van der Waals surface area contributed by atoms with Gasteiger partial charge >= 0.3 is 5.97 Å². The zero-order valence-corrected chi connectivity index (χ0v) is 11.3. The highest BCUT2D eigenvalue weighted by atomic mass is 32.2. The van der Waals surface area contributed by atoms with Crippen molar-refractivity contribution < 1.29 is 19.5 Å². The molecule has 1 rings (SSSR count). The van der Waals surface area contributed by atoms with E-state index in [4.69, 9.17) is 5.11 Å². The van der Waals surface area contributed by atoms with Crippen LogP contribution in [-0.2, 0) is 14.4 Å². The Kier molecular flexibility index (Phi) is 5.46. The van der Waals surface area contributed by atoms with Crippen LogP contribution in [0.5, 0.6) is 0 Å². The van der Waals surface area contributed by atoms with Gasteiger partial charge in [0.2, 0.25) is 11.8 Å². The van der Waals surface area contributed by atoms with Gasteiger partial charge in [0.1, 0.15) is 6.04 Å². The van der Waals surface area contributed by atoms with Crippen LogP contribution in [0.15, 0.2) is 0 Å². The number of aliphatic carboxylic acids is 1. The van der Waals surface area contributed by atoms with E-state index >= 15 is 0 Å². The molecule has 6 nitrogen and oxygen atoms in total. The molecule has 1 saturated carbocycles. The summed E-state index contributed by atoms with van der Waals surface area (Å²) in [5, 5.41) is 13.8. The van der Waals surface area contributed by atoms with Gasteiger partial charge in [-0.15, -0.1) is 11.8 Å². The number of rotatable bonds is 7. The van der Waals surface area contributed by atoms with E-state index in [0.29, 0.717) is 6.04 Å². The van der Waals surface area contributed by atoms with Gasteiger partial charge in [-0.05, 0) is 19.8 Å². The summed E-state index contributed by atoms with van der Waals surface area (Å²) in [6, 6.07) is -0.658. The summed E-state index contributed by atoms with van der Waals surface area (Å²) in [4.78, 5) is 33.3. The van der Waals surface area contributed by atoms with Crippen LogP contribution in [0, 0.1) is 0 Å². The molecule has 0 bridgehead atoms. The van der Waals surface area contributed by atoms with Crippen LogP contribution >= 0.6 is 11.8 Å². The normalized spacial score (nSPS) is 17.7. The molecule has 0 aromatic carbocycles. The number of carboxylic acid groups (broad SMARTS) is 1. The average Bonchev–Trinajstić information content (AvgIpc) is 3.06. The molecular weight excluding hydrogens is 256 g/mol. The monoisotopic (exact) mass is 274 g/mol. The first kappa shape index (κ1) is 14.8. The lowest BCUT2D eigenvalue weighted by Crippen LogP contribution is -2.42. The molecule has 2 atom stereocenters. The highest BCUT2D eigenvalue weighted by Gasteiger charge is 2.27. The third-order valence-electron chi connectivity index (χ3n) is 2.48. The molecule has 1 unspecified atom stereocenters. The van der Waals surface area contributed by atoms with Gasteiger partial charge in [0.15, 0.2) is 0 Å². The maximum atomic E-state index is 11.6. The number of nitrogens with one attached hydrogen (secondary N) is 2. The van der Waals surface area contributed by atoms with Gasteiger partial charge in [-0.1, -0.05) is 0 Å². The summed E-state index contributed by atoms with van der Waals surface area (Å²) in [5.74, 6) is -1.38.